The lowest BCUT2D eigenvalue weighted by molar-refractivity contribution is 0.414. The van der Waals surface area contributed by atoms with Crippen molar-refractivity contribution in [2.45, 2.75) is 26.4 Å². The average Bonchev–Trinajstić information content (AvgIpc) is 3.03. The van der Waals surface area contributed by atoms with Gasteiger partial charge in [0.25, 0.3) is 0 Å². The van der Waals surface area contributed by atoms with E-state index in [9.17, 15) is 0 Å². The Labute approximate surface area is 135 Å². The number of benzene rings is 1. The zero-order valence-electron chi connectivity index (χ0n) is 13.2. The second kappa shape index (κ2) is 8.38. The highest BCUT2D eigenvalue weighted by atomic mass is 32.1. The number of hydrogen-bond acceptors (Lipinski definition) is 4. The topological polar surface area (TPSA) is 58.5 Å². The number of aliphatic imine (C=N–C) groups is 1. The van der Waals surface area contributed by atoms with Crippen LogP contribution in [0.15, 0.2) is 34.6 Å². The van der Waals surface area contributed by atoms with Gasteiger partial charge < -0.3 is 15.4 Å². The van der Waals surface area contributed by atoms with Crippen LogP contribution >= 0.6 is 11.3 Å². The van der Waals surface area contributed by atoms with Gasteiger partial charge in [0.05, 0.1) is 24.4 Å². The molecule has 2 aromatic rings. The van der Waals surface area contributed by atoms with Crippen LogP contribution in [0.25, 0.3) is 0 Å². The first-order valence-corrected chi connectivity index (χ1v) is 8.13. The largest absolute Gasteiger partial charge is 0.497 e. The summed E-state index contributed by atoms with van der Waals surface area (Å²) in [7, 11) is 3.43. The minimum absolute atomic E-state index is 0.679. The zero-order valence-corrected chi connectivity index (χ0v) is 14.0. The maximum Gasteiger partial charge on any atom is 0.191 e. The summed E-state index contributed by atoms with van der Waals surface area (Å²) in [5, 5.41) is 9.81. The normalized spacial score (nSPS) is 11.3. The van der Waals surface area contributed by atoms with E-state index >= 15 is 0 Å². The standard InChI is InChI=1S/C16H22N4OS/c1-4-15-20-13(11-22-15)10-19-16(17-2)18-9-12-5-7-14(21-3)8-6-12/h5-8,11H,4,9-10H2,1-3H3,(H2,17,18,19). The number of nitrogens with zero attached hydrogens (tertiary/aromatic N) is 2. The van der Waals surface area contributed by atoms with E-state index in [0.29, 0.717) is 13.1 Å². The van der Waals surface area contributed by atoms with Gasteiger partial charge in [-0.1, -0.05) is 19.1 Å². The van der Waals surface area contributed by atoms with Crippen LogP contribution in [0, 0.1) is 0 Å². The van der Waals surface area contributed by atoms with Crippen LogP contribution in [0.3, 0.4) is 0 Å². The lowest BCUT2D eigenvalue weighted by Gasteiger charge is -2.11. The summed E-state index contributed by atoms with van der Waals surface area (Å²) in [5.74, 6) is 1.63. The Bertz CT molecular complexity index is 607. The first-order valence-electron chi connectivity index (χ1n) is 7.26. The highest BCUT2D eigenvalue weighted by Crippen LogP contribution is 2.11. The van der Waals surface area contributed by atoms with Crippen LogP contribution in [0.4, 0.5) is 0 Å². The number of nitrogens with one attached hydrogen (secondary N) is 2. The molecule has 1 aromatic carbocycles. The Morgan fingerprint density at radius 1 is 1.23 bits per heavy atom. The SMILES string of the molecule is CCc1nc(CNC(=NC)NCc2ccc(OC)cc2)cs1. The Kier molecular flexibility index (Phi) is 6.21. The van der Waals surface area contributed by atoms with Gasteiger partial charge in [-0.3, -0.25) is 4.99 Å². The number of ether oxygens (including phenoxy) is 1. The Balaban J connectivity index is 1.81. The van der Waals surface area contributed by atoms with Gasteiger partial charge in [-0.2, -0.15) is 0 Å². The minimum atomic E-state index is 0.679. The number of aromatic nitrogens is 1. The molecule has 0 aliphatic heterocycles. The number of methoxy groups -OCH3 is 1. The van der Waals surface area contributed by atoms with Crippen LogP contribution in [-0.4, -0.2) is 25.1 Å². The van der Waals surface area contributed by atoms with Crippen molar-refractivity contribution in [3.8, 4) is 5.75 Å². The zero-order chi connectivity index (χ0) is 15.8. The van der Waals surface area contributed by atoms with E-state index in [4.69, 9.17) is 4.74 Å². The first-order chi connectivity index (χ1) is 10.7. The van der Waals surface area contributed by atoms with E-state index in [-0.39, 0.29) is 0 Å². The molecule has 0 saturated heterocycles. The minimum Gasteiger partial charge on any atom is -0.497 e. The molecular weight excluding hydrogens is 296 g/mol. The Morgan fingerprint density at radius 2 is 1.95 bits per heavy atom. The molecule has 0 aliphatic rings. The van der Waals surface area contributed by atoms with Gasteiger partial charge in [0.2, 0.25) is 0 Å². The molecule has 22 heavy (non-hydrogen) atoms. The number of guanidine groups is 1. The van der Waals surface area contributed by atoms with Crippen molar-refractivity contribution >= 4 is 17.3 Å². The molecule has 5 nitrogen and oxygen atoms in total. The Morgan fingerprint density at radius 3 is 2.55 bits per heavy atom. The monoisotopic (exact) mass is 318 g/mol. The third kappa shape index (κ3) is 4.73. The third-order valence-electron chi connectivity index (χ3n) is 3.18. The van der Waals surface area contributed by atoms with Crippen LogP contribution in [0.5, 0.6) is 5.75 Å². The van der Waals surface area contributed by atoms with E-state index in [1.165, 1.54) is 5.56 Å². The summed E-state index contributed by atoms with van der Waals surface area (Å²) in [6, 6.07) is 7.98. The quantitative estimate of drug-likeness (QED) is 0.635. The van der Waals surface area contributed by atoms with E-state index < -0.39 is 0 Å². The van der Waals surface area contributed by atoms with Crippen LogP contribution in [-0.2, 0) is 19.5 Å². The lowest BCUT2D eigenvalue weighted by Crippen LogP contribution is -2.36. The predicted octanol–water partition coefficient (Wildman–Crippen LogP) is 2.58. The highest BCUT2D eigenvalue weighted by Gasteiger charge is 2.02. The lowest BCUT2D eigenvalue weighted by atomic mass is 10.2. The molecule has 0 unspecified atom stereocenters. The second-order valence-corrected chi connectivity index (χ2v) is 5.66. The van der Waals surface area contributed by atoms with Gasteiger partial charge in [-0.05, 0) is 24.1 Å². The maximum atomic E-state index is 5.15. The molecule has 0 bridgehead atoms. The van der Waals surface area contributed by atoms with Crippen molar-refractivity contribution in [1.82, 2.24) is 15.6 Å². The van der Waals surface area contributed by atoms with Crippen LogP contribution < -0.4 is 15.4 Å². The number of thiazole rings is 1. The van der Waals surface area contributed by atoms with Gasteiger partial charge >= 0.3 is 0 Å². The predicted molar refractivity (Wildman–Crippen MR) is 91.5 cm³/mol. The number of aryl methyl sites for hydroxylation is 1. The fourth-order valence-corrected chi connectivity index (χ4v) is 2.66. The molecule has 0 spiro atoms. The summed E-state index contributed by atoms with van der Waals surface area (Å²) in [6.45, 7) is 3.51. The molecule has 1 heterocycles. The molecule has 1 aromatic heterocycles. The summed E-state index contributed by atoms with van der Waals surface area (Å²) >= 11 is 1.70. The van der Waals surface area contributed by atoms with Gasteiger partial charge in [0.15, 0.2) is 5.96 Å². The van der Waals surface area contributed by atoms with E-state index in [1.807, 2.05) is 24.3 Å². The fourth-order valence-electron chi connectivity index (χ4n) is 1.92. The maximum absolute atomic E-state index is 5.15. The molecule has 2 N–H and O–H groups in total. The molecule has 6 heteroatoms. The number of hydrogen-bond donors (Lipinski definition) is 2. The van der Waals surface area contributed by atoms with Crippen molar-refractivity contribution in [2.24, 2.45) is 4.99 Å². The van der Waals surface area contributed by atoms with Crippen LogP contribution in [0.1, 0.15) is 23.2 Å². The van der Waals surface area contributed by atoms with Crippen molar-refractivity contribution in [3.63, 3.8) is 0 Å². The van der Waals surface area contributed by atoms with Gasteiger partial charge in [0, 0.05) is 19.0 Å². The first kappa shape index (κ1) is 16.3. The highest BCUT2D eigenvalue weighted by molar-refractivity contribution is 7.09. The van der Waals surface area contributed by atoms with E-state index in [0.717, 1.165) is 28.8 Å². The van der Waals surface area contributed by atoms with Crippen molar-refractivity contribution in [3.05, 3.63) is 45.9 Å². The van der Waals surface area contributed by atoms with Crippen molar-refractivity contribution in [1.29, 1.82) is 0 Å². The average molecular weight is 318 g/mol. The molecule has 2 rings (SSSR count). The van der Waals surface area contributed by atoms with E-state index in [1.54, 1.807) is 25.5 Å². The molecule has 0 fully saturated rings. The van der Waals surface area contributed by atoms with Crippen molar-refractivity contribution in [2.75, 3.05) is 14.2 Å². The summed E-state index contributed by atoms with van der Waals surface area (Å²) in [6.07, 6.45) is 0.981. The molecule has 0 aliphatic carbocycles. The molecule has 0 saturated carbocycles. The Hall–Kier alpha value is -2.08. The van der Waals surface area contributed by atoms with E-state index in [2.05, 4.69) is 32.9 Å². The molecule has 0 radical (unpaired) electrons. The van der Waals surface area contributed by atoms with Crippen molar-refractivity contribution < 1.29 is 4.74 Å². The summed E-state index contributed by atoms with van der Waals surface area (Å²) in [4.78, 5) is 8.76. The third-order valence-corrected chi connectivity index (χ3v) is 4.22. The van der Waals surface area contributed by atoms with Gasteiger partial charge in [0.1, 0.15) is 5.75 Å². The summed E-state index contributed by atoms with van der Waals surface area (Å²) < 4.78 is 5.15. The molecule has 0 amide bonds. The van der Waals surface area contributed by atoms with Gasteiger partial charge in [-0.15, -0.1) is 11.3 Å². The summed E-state index contributed by atoms with van der Waals surface area (Å²) in [5.41, 5.74) is 2.22. The smallest absolute Gasteiger partial charge is 0.191 e. The fraction of sp³-hybridized carbons (Fsp3) is 0.375. The molecule has 0 atom stereocenters. The second-order valence-electron chi connectivity index (χ2n) is 4.71. The number of rotatable bonds is 6. The molecular formula is C16H22N4OS. The molecule has 118 valence electrons. The van der Waals surface area contributed by atoms with Gasteiger partial charge in [-0.25, -0.2) is 4.98 Å². The van der Waals surface area contributed by atoms with Crippen LogP contribution in [0.2, 0.25) is 0 Å².